The Morgan fingerprint density at radius 3 is 2.33 bits per heavy atom. The monoisotopic (exact) mass is 772 g/mol. The number of aryl methyl sites for hydroxylation is 1. The first-order valence-corrected chi connectivity index (χ1v) is 14.7. The maximum Gasteiger partial charge on any atom is 0.216 e. The van der Waals surface area contributed by atoms with Crippen molar-refractivity contribution in [1.82, 2.24) is 24.5 Å². The van der Waals surface area contributed by atoms with Crippen molar-refractivity contribution in [2.75, 3.05) is 0 Å². The summed E-state index contributed by atoms with van der Waals surface area (Å²) >= 11 is 0. The molecule has 0 aliphatic heterocycles. The number of imidazole rings is 1. The van der Waals surface area contributed by atoms with Gasteiger partial charge in [0.25, 0.3) is 0 Å². The van der Waals surface area contributed by atoms with E-state index in [1.807, 2.05) is 110 Å². The maximum absolute atomic E-state index is 6.28. The van der Waals surface area contributed by atoms with E-state index in [1.54, 1.807) is 6.20 Å². The second-order valence-electron chi connectivity index (χ2n) is 10.6. The summed E-state index contributed by atoms with van der Waals surface area (Å²) in [7, 11) is 0. The summed E-state index contributed by atoms with van der Waals surface area (Å²) in [5, 5.41) is 3.00. The van der Waals surface area contributed by atoms with Gasteiger partial charge in [-0.3, -0.25) is 9.97 Å². The van der Waals surface area contributed by atoms with Gasteiger partial charge in [0.1, 0.15) is 0 Å². The molecule has 0 unspecified atom stereocenters. The molecule has 6 nitrogen and oxygen atoms in total. The summed E-state index contributed by atoms with van der Waals surface area (Å²) in [6.07, 6.45) is 3.68. The fourth-order valence-corrected chi connectivity index (χ4v) is 5.63. The van der Waals surface area contributed by atoms with Crippen LogP contribution in [0.1, 0.15) is 5.69 Å². The molecule has 0 fully saturated rings. The van der Waals surface area contributed by atoms with Crippen molar-refractivity contribution < 1.29 is 24.5 Å². The van der Waals surface area contributed by atoms with Crippen molar-refractivity contribution in [2.24, 2.45) is 0 Å². The third-order valence-electron chi connectivity index (χ3n) is 7.72. The van der Waals surface area contributed by atoms with Crippen LogP contribution in [0, 0.1) is 19.1 Å². The molecule has 0 atom stereocenters. The molecule has 223 valence electrons. The smallest absolute Gasteiger partial charge is 0.216 e. The summed E-state index contributed by atoms with van der Waals surface area (Å²) in [6.45, 7) is 1.96. The van der Waals surface area contributed by atoms with Crippen LogP contribution in [-0.4, -0.2) is 24.5 Å². The minimum absolute atomic E-state index is 0. The topological polar surface area (TPSA) is 69.6 Å². The van der Waals surface area contributed by atoms with Gasteiger partial charge in [0.15, 0.2) is 0 Å². The van der Waals surface area contributed by atoms with Crippen LogP contribution in [0.4, 0.5) is 0 Å². The zero-order valence-corrected chi connectivity index (χ0v) is 27.1. The number of hydrogen-bond donors (Lipinski definition) is 0. The molecule has 0 N–H and O–H groups in total. The average molecular weight is 772 g/mol. The molecule has 9 aromatic rings. The average Bonchev–Trinajstić information content (AvgIpc) is 3.68. The number of nitrogens with zero attached hydrogens (tertiary/aromatic N) is 5. The van der Waals surface area contributed by atoms with E-state index in [0.717, 1.165) is 72.3 Å². The van der Waals surface area contributed by atoms with E-state index in [2.05, 4.69) is 50.9 Å². The molecule has 0 bridgehead atoms. The SMILES string of the molecule is Cc1ccc2c(n1)oc1c(-c3nc4c5ccccc5ncc4n3-c3ccccc3)[c-]ccc12.[Ir].[c-]1ccccc1-c1ccccn1. The normalized spacial score (nSPS) is 11.0. The van der Waals surface area contributed by atoms with Gasteiger partial charge in [-0.15, -0.1) is 54.1 Å². The molecule has 0 saturated carbocycles. The quantitative estimate of drug-likeness (QED) is 0.168. The number of aromatic nitrogens is 5. The third-order valence-corrected chi connectivity index (χ3v) is 7.72. The van der Waals surface area contributed by atoms with Crippen LogP contribution in [0.2, 0.25) is 0 Å². The standard InChI is InChI=1S/C28H17N4O.C11H8N.Ir/c1-17-14-15-20-19-11-7-12-22(26(19)33-28(20)30-17)27-31-25-21-10-5-6-13-23(21)29-16-24(25)32(27)18-8-3-2-4-9-18;1-2-6-10(7-3-1)11-8-4-5-9-12-11;/h2-11,13-16H,1H3;1-6,8-9H;/q2*-1;. The molecule has 46 heavy (non-hydrogen) atoms. The Morgan fingerprint density at radius 1 is 0.674 bits per heavy atom. The van der Waals surface area contributed by atoms with E-state index in [-0.39, 0.29) is 20.1 Å². The Hall–Kier alpha value is -5.49. The maximum atomic E-state index is 6.28. The van der Waals surface area contributed by atoms with Crippen molar-refractivity contribution in [3.63, 3.8) is 0 Å². The Kier molecular flexibility index (Phi) is 7.93. The Bertz CT molecular complexity index is 2400. The minimum Gasteiger partial charge on any atom is -0.486 e. The number of rotatable bonds is 3. The van der Waals surface area contributed by atoms with Crippen LogP contribution in [0.15, 0.2) is 138 Å². The van der Waals surface area contributed by atoms with Gasteiger partial charge in [-0.2, -0.15) is 0 Å². The van der Waals surface area contributed by atoms with Gasteiger partial charge in [0.2, 0.25) is 5.71 Å². The van der Waals surface area contributed by atoms with E-state index in [9.17, 15) is 0 Å². The number of benzene rings is 4. The van der Waals surface area contributed by atoms with Crippen LogP contribution in [0.3, 0.4) is 0 Å². The van der Waals surface area contributed by atoms with Crippen molar-refractivity contribution >= 4 is 44.0 Å². The van der Waals surface area contributed by atoms with Gasteiger partial charge in [-0.25, -0.2) is 4.98 Å². The van der Waals surface area contributed by atoms with Crippen LogP contribution in [0.5, 0.6) is 0 Å². The Labute approximate surface area is 278 Å². The summed E-state index contributed by atoms with van der Waals surface area (Å²) in [5.74, 6) is 0.760. The first-order valence-electron chi connectivity index (χ1n) is 14.7. The molecule has 0 aliphatic carbocycles. The van der Waals surface area contributed by atoms with Crippen molar-refractivity contribution in [3.8, 4) is 28.3 Å². The molecular weight excluding hydrogens is 747 g/mol. The molecule has 7 heteroatoms. The van der Waals surface area contributed by atoms with E-state index in [0.29, 0.717) is 5.71 Å². The summed E-state index contributed by atoms with van der Waals surface area (Å²) in [5.41, 5.74) is 8.84. The van der Waals surface area contributed by atoms with E-state index >= 15 is 0 Å². The molecular formula is C39H25IrN5O-2. The molecule has 5 aromatic heterocycles. The number of para-hydroxylation sites is 2. The minimum atomic E-state index is 0. The van der Waals surface area contributed by atoms with Gasteiger partial charge in [0, 0.05) is 48.5 Å². The fourth-order valence-electron chi connectivity index (χ4n) is 5.63. The van der Waals surface area contributed by atoms with Gasteiger partial charge in [0.05, 0.1) is 34.2 Å². The van der Waals surface area contributed by atoms with Crippen LogP contribution in [0.25, 0.3) is 72.3 Å². The molecule has 4 aromatic carbocycles. The largest absolute Gasteiger partial charge is 0.486 e. The molecule has 0 spiro atoms. The number of furan rings is 1. The first-order chi connectivity index (χ1) is 22.2. The molecule has 0 aliphatic rings. The summed E-state index contributed by atoms with van der Waals surface area (Å²) in [4.78, 5) is 18.7. The first kappa shape index (κ1) is 29.2. The van der Waals surface area contributed by atoms with Gasteiger partial charge >= 0.3 is 0 Å². The number of fused-ring (bicyclic) bond motifs is 6. The van der Waals surface area contributed by atoms with Crippen molar-refractivity contribution in [1.29, 1.82) is 0 Å². The van der Waals surface area contributed by atoms with Gasteiger partial charge < -0.3 is 14.0 Å². The summed E-state index contributed by atoms with van der Waals surface area (Å²) in [6, 6.07) is 46.5. The van der Waals surface area contributed by atoms with Crippen molar-refractivity contribution in [3.05, 3.63) is 152 Å². The molecule has 1 radical (unpaired) electrons. The van der Waals surface area contributed by atoms with Gasteiger partial charge in [-0.1, -0.05) is 59.5 Å². The summed E-state index contributed by atoms with van der Waals surface area (Å²) < 4.78 is 8.41. The molecule has 5 heterocycles. The Morgan fingerprint density at radius 2 is 1.50 bits per heavy atom. The van der Waals surface area contributed by atoms with Crippen molar-refractivity contribution in [2.45, 2.75) is 6.92 Å². The van der Waals surface area contributed by atoms with Crippen LogP contribution < -0.4 is 0 Å². The van der Waals surface area contributed by atoms with E-state index in [1.165, 1.54) is 0 Å². The molecule has 0 saturated heterocycles. The predicted molar refractivity (Wildman–Crippen MR) is 179 cm³/mol. The second kappa shape index (κ2) is 12.5. The zero-order chi connectivity index (χ0) is 30.2. The van der Waals surface area contributed by atoms with Crippen LogP contribution in [-0.2, 0) is 20.1 Å². The van der Waals surface area contributed by atoms with Crippen LogP contribution >= 0.6 is 0 Å². The zero-order valence-electron chi connectivity index (χ0n) is 24.7. The van der Waals surface area contributed by atoms with Gasteiger partial charge in [-0.05, 0) is 49.0 Å². The third kappa shape index (κ3) is 5.26. The van der Waals surface area contributed by atoms with E-state index in [4.69, 9.17) is 14.4 Å². The number of pyridine rings is 3. The Balaban J connectivity index is 0.000000220. The molecule has 9 rings (SSSR count). The molecule has 0 amide bonds. The fraction of sp³-hybridized carbons (Fsp3) is 0.0256. The number of hydrogen-bond acceptors (Lipinski definition) is 5. The predicted octanol–water partition coefficient (Wildman–Crippen LogP) is 9.19. The second-order valence-corrected chi connectivity index (χ2v) is 10.6. The van der Waals surface area contributed by atoms with E-state index < -0.39 is 0 Å².